The largest absolute Gasteiger partial charge is 0.123 e. The van der Waals surface area contributed by atoms with E-state index in [-0.39, 0.29) is 0 Å². The maximum Gasteiger partial charge on any atom is 0.0361 e. The van der Waals surface area contributed by atoms with E-state index >= 15 is 0 Å². The van der Waals surface area contributed by atoms with Crippen molar-refractivity contribution in [3.8, 4) is 0 Å². The van der Waals surface area contributed by atoms with Crippen LogP contribution in [0.2, 0.25) is 0 Å². The van der Waals surface area contributed by atoms with Gasteiger partial charge in [0.15, 0.2) is 0 Å². The molecule has 1 rings (SSSR count). The molecule has 0 aromatic rings. The van der Waals surface area contributed by atoms with Crippen molar-refractivity contribution in [2.75, 3.05) is 0 Å². The lowest BCUT2D eigenvalue weighted by molar-refractivity contribution is 0.392. The summed E-state index contributed by atoms with van der Waals surface area (Å²) in [5, 5.41) is 0.476. The van der Waals surface area contributed by atoms with Crippen LogP contribution in [0.5, 0.6) is 0 Å². The minimum atomic E-state index is 0.476. The summed E-state index contributed by atoms with van der Waals surface area (Å²) in [5.41, 5.74) is 0. The van der Waals surface area contributed by atoms with E-state index in [0.717, 1.165) is 5.92 Å². The zero-order valence-electron chi connectivity index (χ0n) is 5.36. The summed E-state index contributed by atoms with van der Waals surface area (Å²) < 4.78 is 0. The molecule has 0 amide bonds. The first kappa shape index (κ1) is 6.41. The Balaban J connectivity index is 2.28. The fourth-order valence-corrected chi connectivity index (χ4v) is 1.55. The number of alkyl halides is 1. The fourth-order valence-electron chi connectivity index (χ4n) is 1.27. The van der Waals surface area contributed by atoms with Crippen LogP contribution in [0.25, 0.3) is 0 Å². The minimum Gasteiger partial charge on any atom is -0.123 e. The molecule has 1 aliphatic rings. The smallest absolute Gasteiger partial charge is 0.0361 e. The van der Waals surface area contributed by atoms with Crippen LogP contribution < -0.4 is 0 Å². The first-order chi connectivity index (χ1) is 3.80. The molecule has 1 saturated carbocycles. The van der Waals surface area contributed by atoms with Gasteiger partial charge < -0.3 is 0 Å². The van der Waals surface area contributed by atoms with Crippen LogP contribution in [0.4, 0.5) is 0 Å². The van der Waals surface area contributed by atoms with Gasteiger partial charge in [-0.05, 0) is 18.8 Å². The maximum absolute atomic E-state index is 5.97. The molecule has 1 heteroatoms. The predicted molar refractivity (Wildman–Crippen MR) is 37.3 cm³/mol. The Kier molecular flexibility index (Phi) is 2.18. The SMILES string of the molecule is CC1CCCCC1Cl. The second-order valence-electron chi connectivity index (χ2n) is 2.78. The maximum atomic E-state index is 5.97. The summed E-state index contributed by atoms with van der Waals surface area (Å²) in [6.07, 6.45) is 5.32. The molecule has 0 aromatic heterocycles. The Bertz CT molecular complexity index is 60.8. The normalized spacial score (nSPS) is 39.8. The first-order valence-corrected chi connectivity index (χ1v) is 3.88. The molecule has 0 aliphatic heterocycles. The minimum absolute atomic E-state index is 0.476. The average molecular weight is 133 g/mol. The van der Waals surface area contributed by atoms with Crippen LogP contribution in [0.15, 0.2) is 0 Å². The average Bonchev–Trinajstić information content (AvgIpc) is 1.77. The lowest BCUT2D eigenvalue weighted by Gasteiger charge is -2.22. The van der Waals surface area contributed by atoms with Crippen molar-refractivity contribution in [1.29, 1.82) is 0 Å². The summed E-state index contributed by atoms with van der Waals surface area (Å²) >= 11 is 5.97. The molecule has 0 nitrogen and oxygen atoms in total. The Morgan fingerprint density at radius 3 is 2.25 bits per heavy atom. The molecule has 8 heavy (non-hydrogen) atoms. The van der Waals surface area contributed by atoms with Gasteiger partial charge in [0.25, 0.3) is 0 Å². The summed E-state index contributed by atoms with van der Waals surface area (Å²) in [6.45, 7) is 2.25. The molecule has 0 spiro atoms. The van der Waals surface area contributed by atoms with Crippen molar-refractivity contribution < 1.29 is 0 Å². The summed E-state index contributed by atoms with van der Waals surface area (Å²) in [4.78, 5) is 0. The van der Waals surface area contributed by atoms with Crippen LogP contribution in [-0.2, 0) is 0 Å². The first-order valence-electron chi connectivity index (χ1n) is 3.45. The molecular weight excluding hydrogens is 120 g/mol. The second-order valence-corrected chi connectivity index (χ2v) is 3.34. The van der Waals surface area contributed by atoms with E-state index in [1.54, 1.807) is 0 Å². The molecule has 1 fully saturated rings. The molecule has 0 saturated heterocycles. The lowest BCUT2D eigenvalue weighted by Crippen LogP contribution is -2.15. The topological polar surface area (TPSA) is 0 Å². The van der Waals surface area contributed by atoms with Gasteiger partial charge in [-0.2, -0.15) is 0 Å². The van der Waals surface area contributed by atoms with Gasteiger partial charge >= 0.3 is 0 Å². The Hall–Kier alpha value is 0.290. The van der Waals surface area contributed by atoms with E-state index in [1.807, 2.05) is 0 Å². The third kappa shape index (κ3) is 1.38. The molecule has 2 unspecified atom stereocenters. The molecule has 0 bridgehead atoms. The molecule has 1 aliphatic carbocycles. The molecule has 0 heterocycles. The molecule has 0 radical (unpaired) electrons. The highest BCUT2D eigenvalue weighted by Crippen LogP contribution is 2.27. The third-order valence-electron chi connectivity index (χ3n) is 2.01. The van der Waals surface area contributed by atoms with Gasteiger partial charge in [0.1, 0.15) is 0 Å². The van der Waals surface area contributed by atoms with Crippen molar-refractivity contribution in [3.05, 3.63) is 0 Å². The third-order valence-corrected chi connectivity index (χ3v) is 2.66. The van der Waals surface area contributed by atoms with Crippen molar-refractivity contribution in [3.63, 3.8) is 0 Å². The van der Waals surface area contributed by atoms with Crippen LogP contribution in [0.1, 0.15) is 32.6 Å². The van der Waals surface area contributed by atoms with Crippen LogP contribution in [-0.4, -0.2) is 5.38 Å². The zero-order chi connectivity index (χ0) is 5.98. The highest BCUT2D eigenvalue weighted by molar-refractivity contribution is 6.20. The zero-order valence-corrected chi connectivity index (χ0v) is 6.12. The number of hydrogen-bond donors (Lipinski definition) is 0. The van der Waals surface area contributed by atoms with Gasteiger partial charge in [0, 0.05) is 5.38 Å². The van der Waals surface area contributed by atoms with E-state index in [0.29, 0.717) is 5.38 Å². The van der Waals surface area contributed by atoms with E-state index < -0.39 is 0 Å². The summed E-state index contributed by atoms with van der Waals surface area (Å²) in [7, 11) is 0. The van der Waals surface area contributed by atoms with Gasteiger partial charge in [0.2, 0.25) is 0 Å². The van der Waals surface area contributed by atoms with Crippen molar-refractivity contribution >= 4 is 11.6 Å². The second kappa shape index (κ2) is 2.72. The standard InChI is InChI=1S/C7H13Cl/c1-6-4-2-3-5-7(6)8/h6-7H,2-5H2,1H3. The van der Waals surface area contributed by atoms with Crippen LogP contribution in [0, 0.1) is 5.92 Å². The van der Waals surface area contributed by atoms with Crippen molar-refractivity contribution in [1.82, 2.24) is 0 Å². The monoisotopic (exact) mass is 132 g/mol. The Labute approximate surface area is 56.2 Å². The van der Waals surface area contributed by atoms with Gasteiger partial charge in [-0.15, -0.1) is 11.6 Å². The Morgan fingerprint density at radius 2 is 1.88 bits per heavy atom. The molecule has 0 N–H and O–H groups in total. The number of halogens is 1. The van der Waals surface area contributed by atoms with Crippen LogP contribution >= 0.6 is 11.6 Å². The fraction of sp³-hybridized carbons (Fsp3) is 1.00. The summed E-state index contributed by atoms with van der Waals surface area (Å²) in [5.74, 6) is 0.769. The summed E-state index contributed by atoms with van der Waals surface area (Å²) in [6, 6.07) is 0. The Morgan fingerprint density at radius 1 is 1.25 bits per heavy atom. The van der Waals surface area contributed by atoms with E-state index in [4.69, 9.17) is 11.6 Å². The highest BCUT2D eigenvalue weighted by Gasteiger charge is 2.17. The predicted octanol–water partition coefficient (Wildman–Crippen LogP) is 2.80. The van der Waals surface area contributed by atoms with Crippen LogP contribution in [0.3, 0.4) is 0 Å². The van der Waals surface area contributed by atoms with E-state index in [9.17, 15) is 0 Å². The van der Waals surface area contributed by atoms with Crippen molar-refractivity contribution in [2.45, 2.75) is 38.0 Å². The highest BCUT2D eigenvalue weighted by atomic mass is 35.5. The van der Waals surface area contributed by atoms with Gasteiger partial charge in [0.05, 0.1) is 0 Å². The lowest BCUT2D eigenvalue weighted by atomic mass is 9.90. The molecular formula is C7H13Cl. The number of hydrogen-bond acceptors (Lipinski definition) is 0. The van der Waals surface area contributed by atoms with Gasteiger partial charge in [-0.3, -0.25) is 0 Å². The van der Waals surface area contributed by atoms with Gasteiger partial charge in [-0.25, -0.2) is 0 Å². The van der Waals surface area contributed by atoms with Crippen molar-refractivity contribution in [2.24, 2.45) is 5.92 Å². The van der Waals surface area contributed by atoms with Gasteiger partial charge in [-0.1, -0.05) is 19.8 Å². The number of rotatable bonds is 0. The molecule has 48 valence electrons. The quantitative estimate of drug-likeness (QED) is 0.445. The van der Waals surface area contributed by atoms with E-state index in [2.05, 4.69) is 6.92 Å². The molecule has 0 aromatic carbocycles. The molecule has 2 atom stereocenters. The van der Waals surface area contributed by atoms with E-state index in [1.165, 1.54) is 25.7 Å².